The van der Waals surface area contributed by atoms with Gasteiger partial charge in [-0.3, -0.25) is 14.5 Å². The zero-order chi connectivity index (χ0) is 24.1. The van der Waals surface area contributed by atoms with Crippen molar-refractivity contribution in [2.75, 3.05) is 46.9 Å². The van der Waals surface area contributed by atoms with Gasteiger partial charge in [-0.05, 0) is 25.6 Å². The number of likely N-dealkylation sites (N-methyl/N-ethyl adjacent to an activating group) is 2. The Morgan fingerprint density at radius 1 is 1.25 bits per heavy atom. The van der Waals surface area contributed by atoms with Crippen LogP contribution in [0.15, 0.2) is 24.3 Å². The molecule has 2 heterocycles. The molecule has 0 aliphatic carbocycles. The first-order chi connectivity index (χ1) is 14.9. The highest BCUT2D eigenvalue weighted by Gasteiger charge is 2.51. The fraction of sp³-hybridized carbons (Fsp3) is 0.550. The largest absolute Gasteiger partial charge is 0.490 e. The van der Waals surface area contributed by atoms with Crippen molar-refractivity contribution in [1.82, 2.24) is 15.1 Å². The zero-order valence-electron chi connectivity index (χ0n) is 17.9. The molecule has 2 fully saturated rings. The SMILES string of the molecule is CNC(=O)C1COC2(CN(C(=O)COc3ccccc3C)C2)CN1C.O=C(O)C(F)(F)F. The third-order valence-electron chi connectivity index (χ3n) is 5.16. The van der Waals surface area contributed by atoms with E-state index in [4.69, 9.17) is 19.4 Å². The number of aryl methyl sites for hydroxylation is 1. The van der Waals surface area contributed by atoms with Crippen LogP contribution >= 0.6 is 0 Å². The Balaban J connectivity index is 0.000000451. The summed E-state index contributed by atoms with van der Waals surface area (Å²) in [7, 11) is 3.54. The number of likely N-dealkylation sites (tertiary alicyclic amines) is 1. The average Bonchev–Trinajstić information content (AvgIpc) is 2.70. The molecule has 2 aliphatic rings. The number of nitrogens with one attached hydrogen (secondary N) is 1. The maximum absolute atomic E-state index is 12.3. The van der Waals surface area contributed by atoms with Crippen LogP contribution in [0.25, 0.3) is 0 Å². The Bertz CT molecular complexity index is 842. The minimum atomic E-state index is -5.08. The van der Waals surface area contributed by atoms with Gasteiger partial charge in [-0.2, -0.15) is 13.2 Å². The maximum atomic E-state index is 12.3. The lowest BCUT2D eigenvalue weighted by Gasteiger charge is -2.54. The number of alkyl halides is 3. The minimum absolute atomic E-state index is 0.0254. The summed E-state index contributed by atoms with van der Waals surface area (Å²) in [6.45, 7) is 4.03. The van der Waals surface area contributed by atoms with Crippen LogP contribution in [-0.4, -0.2) is 97.5 Å². The van der Waals surface area contributed by atoms with Gasteiger partial charge < -0.3 is 24.8 Å². The number of para-hydroxylation sites is 1. The molecule has 178 valence electrons. The third-order valence-corrected chi connectivity index (χ3v) is 5.16. The summed E-state index contributed by atoms with van der Waals surface area (Å²) in [5.41, 5.74) is 0.644. The molecule has 2 aliphatic heterocycles. The number of hydrogen-bond acceptors (Lipinski definition) is 6. The highest BCUT2D eigenvalue weighted by atomic mass is 19.4. The van der Waals surface area contributed by atoms with Gasteiger partial charge in [0.1, 0.15) is 17.4 Å². The monoisotopic (exact) mass is 461 g/mol. The second kappa shape index (κ2) is 10.2. The van der Waals surface area contributed by atoms with Crippen molar-refractivity contribution in [2.24, 2.45) is 0 Å². The highest BCUT2D eigenvalue weighted by Crippen LogP contribution is 2.30. The molecule has 12 heteroatoms. The van der Waals surface area contributed by atoms with E-state index in [-0.39, 0.29) is 30.1 Å². The predicted octanol–water partition coefficient (Wildman–Crippen LogP) is 0.665. The van der Waals surface area contributed by atoms with E-state index < -0.39 is 12.1 Å². The van der Waals surface area contributed by atoms with Gasteiger partial charge in [0.15, 0.2) is 6.61 Å². The van der Waals surface area contributed by atoms with Crippen LogP contribution in [0.3, 0.4) is 0 Å². The molecule has 1 aromatic rings. The van der Waals surface area contributed by atoms with Gasteiger partial charge in [-0.1, -0.05) is 18.2 Å². The second-order valence-corrected chi connectivity index (χ2v) is 7.65. The number of carbonyl (C=O) groups is 3. The molecular weight excluding hydrogens is 435 g/mol. The normalized spacial score (nSPS) is 19.9. The van der Waals surface area contributed by atoms with Crippen LogP contribution in [0.4, 0.5) is 13.2 Å². The van der Waals surface area contributed by atoms with Crippen molar-refractivity contribution in [1.29, 1.82) is 0 Å². The van der Waals surface area contributed by atoms with Crippen LogP contribution in [0, 0.1) is 6.92 Å². The molecule has 1 spiro atoms. The van der Waals surface area contributed by atoms with Gasteiger partial charge in [0.2, 0.25) is 5.91 Å². The van der Waals surface area contributed by atoms with E-state index in [2.05, 4.69) is 5.32 Å². The number of rotatable bonds is 4. The molecule has 0 bridgehead atoms. The summed E-state index contributed by atoms with van der Waals surface area (Å²) in [5.74, 6) is -2.12. The summed E-state index contributed by atoms with van der Waals surface area (Å²) < 4.78 is 43.3. The van der Waals surface area contributed by atoms with Crippen molar-refractivity contribution < 1.29 is 42.1 Å². The van der Waals surface area contributed by atoms with E-state index in [1.807, 2.05) is 43.1 Å². The van der Waals surface area contributed by atoms with E-state index in [9.17, 15) is 22.8 Å². The highest BCUT2D eigenvalue weighted by molar-refractivity contribution is 5.82. The van der Waals surface area contributed by atoms with E-state index >= 15 is 0 Å². The quantitative estimate of drug-likeness (QED) is 0.678. The number of morpholine rings is 1. The fourth-order valence-corrected chi connectivity index (χ4v) is 3.40. The number of aliphatic carboxylic acids is 1. The van der Waals surface area contributed by atoms with Gasteiger partial charge in [0.25, 0.3) is 5.91 Å². The lowest BCUT2D eigenvalue weighted by molar-refractivity contribution is -0.201. The minimum Gasteiger partial charge on any atom is -0.484 e. The average molecular weight is 461 g/mol. The molecule has 3 rings (SSSR count). The maximum Gasteiger partial charge on any atom is 0.490 e. The van der Waals surface area contributed by atoms with Crippen LogP contribution < -0.4 is 10.1 Å². The number of halogens is 3. The van der Waals surface area contributed by atoms with Crippen molar-refractivity contribution >= 4 is 17.8 Å². The first-order valence-electron chi connectivity index (χ1n) is 9.70. The van der Waals surface area contributed by atoms with Crippen molar-refractivity contribution in [3.8, 4) is 5.75 Å². The van der Waals surface area contributed by atoms with Crippen LogP contribution in [0.1, 0.15) is 5.56 Å². The van der Waals surface area contributed by atoms with Crippen molar-refractivity contribution in [3.63, 3.8) is 0 Å². The first kappa shape index (κ1) is 25.4. The summed E-state index contributed by atoms with van der Waals surface area (Å²) in [6.07, 6.45) is -5.08. The Labute approximate surface area is 183 Å². The molecule has 32 heavy (non-hydrogen) atoms. The number of amides is 2. The third kappa shape index (κ3) is 6.33. The number of carboxylic acids is 1. The number of carboxylic acid groups (broad SMARTS) is 1. The summed E-state index contributed by atoms with van der Waals surface area (Å²) in [4.78, 5) is 36.7. The lowest BCUT2D eigenvalue weighted by Crippen LogP contribution is -2.73. The summed E-state index contributed by atoms with van der Waals surface area (Å²) in [5, 5.41) is 9.78. The Morgan fingerprint density at radius 3 is 2.34 bits per heavy atom. The smallest absolute Gasteiger partial charge is 0.484 e. The van der Waals surface area contributed by atoms with E-state index in [0.717, 1.165) is 11.3 Å². The molecule has 0 aromatic heterocycles. The Hall–Kier alpha value is -2.86. The molecule has 0 radical (unpaired) electrons. The Morgan fingerprint density at radius 2 is 1.84 bits per heavy atom. The number of hydrogen-bond donors (Lipinski definition) is 2. The zero-order valence-corrected chi connectivity index (χ0v) is 17.9. The molecule has 2 saturated heterocycles. The van der Waals surface area contributed by atoms with Gasteiger partial charge in [-0.15, -0.1) is 0 Å². The molecule has 0 saturated carbocycles. The molecule has 1 unspecified atom stereocenters. The Kier molecular flexibility index (Phi) is 8.07. The number of benzene rings is 1. The van der Waals surface area contributed by atoms with Gasteiger partial charge in [-0.25, -0.2) is 4.79 Å². The van der Waals surface area contributed by atoms with E-state index in [0.29, 0.717) is 26.2 Å². The van der Waals surface area contributed by atoms with Crippen LogP contribution in [0.5, 0.6) is 5.75 Å². The topological polar surface area (TPSA) is 108 Å². The fourth-order valence-electron chi connectivity index (χ4n) is 3.40. The van der Waals surface area contributed by atoms with Crippen molar-refractivity contribution in [2.45, 2.75) is 24.7 Å². The first-order valence-corrected chi connectivity index (χ1v) is 9.70. The van der Waals surface area contributed by atoms with Gasteiger partial charge >= 0.3 is 12.1 Å². The van der Waals surface area contributed by atoms with Gasteiger partial charge in [0.05, 0.1) is 19.7 Å². The number of ether oxygens (including phenoxy) is 2. The summed E-state index contributed by atoms with van der Waals surface area (Å²) in [6, 6.07) is 7.36. The predicted molar refractivity (Wildman–Crippen MR) is 106 cm³/mol. The molecule has 1 atom stereocenters. The van der Waals surface area contributed by atoms with Crippen molar-refractivity contribution in [3.05, 3.63) is 29.8 Å². The molecule has 1 aromatic carbocycles. The van der Waals surface area contributed by atoms with Crippen LogP contribution in [-0.2, 0) is 19.1 Å². The van der Waals surface area contributed by atoms with Gasteiger partial charge in [0, 0.05) is 13.6 Å². The standard InChI is InChI=1S/C18H25N3O4.C2HF3O2/c1-13-6-4-5-7-15(13)24-9-16(22)21-11-18(12-21)10-20(3)14(8-25-18)17(23)19-2;3-2(4,5)1(6)7/h4-7,14H,8-12H2,1-3H3,(H,19,23);(H,6,7). The lowest BCUT2D eigenvalue weighted by atomic mass is 9.90. The van der Waals surface area contributed by atoms with Crippen LogP contribution in [0.2, 0.25) is 0 Å². The number of nitrogens with zero attached hydrogens (tertiary/aromatic N) is 2. The number of carbonyl (C=O) groups excluding carboxylic acids is 2. The summed E-state index contributed by atoms with van der Waals surface area (Å²) >= 11 is 0. The van der Waals surface area contributed by atoms with E-state index in [1.54, 1.807) is 11.9 Å². The molecule has 9 nitrogen and oxygen atoms in total. The molecule has 2 amide bonds. The molecular formula is C20H26F3N3O6. The van der Waals surface area contributed by atoms with E-state index in [1.165, 1.54) is 0 Å². The molecule has 2 N–H and O–H groups in total. The second-order valence-electron chi connectivity index (χ2n) is 7.65.